The second-order valence-corrected chi connectivity index (χ2v) is 6.26. The van der Waals surface area contributed by atoms with Gasteiger partial charge in [-0.15, -0.1) is 0 Å². The quantitative estimate of drug-likeness (QED) is 0.484. The van der Waals surface area contributed by atoms with Gasteiger partial charge in [-0.25, -0.2) is 4.39 Å². The predicted molar refractivity (Wildman–Crippen MR) is 104 cm³/mol. The minimum atomic E-state index is -0.204. The summed E-state index contributed by atoms with van der Waals surface area (Å²) in [5, 5.41) is 0. The molecule has 3 aromatic rings. The van der Waals surface area contributed by atoms with E-state index in [1.54, 1.807) is 0 Å². The summed E-state index contributed by atoms with van der Waals surface area (Å²) < 4.78 is 13.0. The number of rotatable bonds is 6. The van der Waals surface area contributed by atoms with E-state index in [9.17, 15) is 4.39 Å². The van der Waals surface area contributed by atoms with Crippen LogP contribution in [-0.2, 0) is 0 Å². The van der Waals surface area contributed by atoms with E-state index >= 15 is 0 Å². The Labute approximate surface area is 148 Å². The van der Waals surface area contributed by atoms with E-state index in [1.807, 2.05) is 36.5 Å². The molecule has 0 saturated heterocycles. The Hall–Kier alpha value is -2.74. The second-order valence-electron chi connectivity index (χ2n) is 6.26. The van der Waals surface area contributed by atoms with Crippen molar-refractivity contribution >= 4 is 6.21 Å². The van der Waals surface area contributed by atoms with E-state index in [4.69, 9.17) is 0 Å². The highest BCUT2D eigenvalue weighted by Crippen LogP contribution is 2.24. The van der Waals surface area contributed by atoms with E-state index < -0.39 is 0 Å². The lowest BCUT2D eigenvalue weighted by Gasteiger charge is -2.11. The molecule has 25 heavy (non-hydrogen) atoms. The van der Waals surface area contributed by atoms with Gasteiger partial charge in [0.15, 0.2) is 0 Å². The molecule has 2 heteroatoms. The third-order valence-electron chi connectivity index (χ3n) is 4.39. The fraction of sp³-hybridized carbons (Fsp3) is 0.174. The summed E-state index contributed by atoms with van der Waals surface area (Å²) >= 11 is 0. The molecule has 3 aromatic carbocycles. The van der Waals surface area contributed by atoms with E-state index in [0.29, 0.717) is 5.92 Å². The SMILES string of the molecule is CC(CCN=Cc1ccccc1)c1ccc(-c2ccc(F)cc2)cc1. The lowest BCUT2D eigenvalue weighted by atomic mass is 9.95. The van der Waals surface area contributed by atoms with Crippen LogP contribution in [0.4, 0.5) is 4.39 Å². The summed E-state index contributed by atoms with van der Waals surface area (Å²) in [4.78, 5) is 4.52. The van der Waals surface area contributed by atoms with Gasteiger partial charge in [-0.05, 0) is 46.7 Å². The van der Waals surface area contributed by atoms with Crippen LogP contribution in [0.1, 0.15) is 30.4 Å². The number of aliphatic imine (C=N–C) groups is 1. The Bertz CT molecular complexity index is 805. The molecular weight excluding hydrogens is 309 g/mol. The third kappa shape index (κ3) is 4.87. The molecule has 0 fully saturated rings. The topological polar surface area (TPSA) is 12.4 Å². The van der Waals surface area contributed by atoms with Crippen molar-refractivity contribution in [3.63, 3.8) is 0 Å². The van der Waals surface area contributed by atoms with Crippen LogP contribution in [0.5, 0.6) is 0 Å². The monoisotopic (exact) mass is 331 g/mol. The van der Waals surface area contributed by atoms with Crippen LogP contribution in [0.15, 0.2) is 83.9 Å². The molecule has 0 aliphatic carbocycles. The van der Waals surface area contributed by atoms with Crippen LogP contribution in [0.2, 0.25) is 0 Å². The summed E-state index contributed by atoms with van der Waals surface area (Å²) in [5.74, 6) is 0.250. The van der Waals surface area contributed by atoms with Crippen LogP contribution >= 0.6 is 0 Å². The molecule has 1 unspecified atom stereocenters. The Balaban J connectivity index is 1.56. The van der Waals surface area contributed by atoms with Crippen LogP contribution in [-0.4, -0.2) is 12.8 Å². The first-order valence-electron chi connectivity index (χ1n) is 8.63. The Morgan fingerprint density at radius 3 is 2.08 bits per heavy atom. The highest BCUT2D eigenvalue weighted by molar-refractivity contribution is 5.79. The van der Waals surface area contributed by atoms with Crippen molar-refractivity contribution in [1.82, 2.24) is 0 Å². The minimum absolute atomic E-state index is 0.204. The molecular formula is C23H22FN. The zero-order valence-corrected chi connectivity index (χ0v) is 14.4. The Morgan fingerprint density at radius 1 is 0.840 bits per heavy atom. The largest absolute Gasteiger partial charge is 0.293 e. The van der Waals surface area contributed by atoms with Crippen molar-refractivity contribution in [3.05, 3.63) is 95.8 Å². The van der Waals surface area contributed by atoms with E-state index in [2.05, 4.69) is 48.3 Å². The third-order valence-corrected chi connectivity index (χ3v) is 4.39. The van der Waals surface area contributed by atoms with Gasteiger partial charge in [0, 0.05) is 12.8 Å². The fourth-order valence-electron chi connectivity index (χ4n) is 2.79. The summed E-state index contributed by atoms with van der Waals surface area (Å²) in [5.41, 5.74) is 4.59. The zero-order chi connectivity index (χ0) is 17.5. The van der Waals surface area contributed by atoms with Crippen LogP contribution in [0.25, 0.3) is 11.1 Å². The number of hydrogen-bond acceptors (Lipinski definition) is 1. The zero-order valence-electron chi connectivity index (χ0n) is 14.4. The maximum absolute atomic E-state index is 13.0. The summed E-state index contributed by atoms with van der Waals surface area (Å²) in [6, 6.07) is 25.3. The molecule has 0 radical (unpaired) electrons. The Kier molecular flexibility index (Phi) is 5.73. The van der Waals surface area contributed by atoms with Gasteiger partial charge < -0.3 is 0 Å². The molecule has 0 saturated carbocycles. The lowest BCUT2D eigenvalue weighted by Crippen LogP contribution is -1.96. The number of hydrogen-bond donors (Lipinski definition) is 0. The van der Waals surface area contributed by atoms with Crippen LogP contribution in [0.3, 0.4) is 0 Å². The standard InChI is InChI=1S/C23H22FN/c1-18(15-16-25-17-19-5-3-2-4-6-19)20-7-9-21(10-8-20)22-11-13-23(24)14-12-22/h2-14,17-18H,15-16H2,1H3. The highest BCUT2D eigenvalue weighted by atomic mass is 19.1. The molecule has 0 heterocycles. The van der Waals surface area contributed by atoms with Crippen molar-refractivity contribution in [3.8, 4) is 11.1 Å². The average molecular weight is 331 g/mol. The lowest BCUT2D eigenvalue weighted by molar-refractivity contribution is 0.628. The van der Waals surface area contributed by atoms with Gasteiger partial charge >= 0.3 is 0 Å². The van der Waals surface area contributed by atoms with E-state index in [0.717, 1.165) is 29.7 Å². The molecule has 1 nitrogen and oxygen atoms in total. The maximum Gasteiger partial charge on any atom is 0.123 e. The van der Waals surface area contributed by atoms with Gasteiger partial charge in [0.25, 0.3) is 0 Å². The molecule has 0 aliphatic heterocycles. The normalized spacial score (nSPS) is 12.4. The maximum atomic E-state index is 13.0. The highest BCUT2D eigenvalue weighted by Gasteiger charge is 2.05. The molecule has 0 N–H and O–H groups in total. The fourth-order valence-corrected chi connectivity index (χ4v) is 2.79. The average Bonchev–Trinajstić information content (AvgIpc) is 2.67. The molecule has 0 aliphatic rings. The van der Waals surface area contributed by atoms with Gasteiger partial charge in [0.05, 0.1) is 0 Å². The molecule has 126 valence electrons. The number of halogens is 1. The molecule has 1 atom stereocenters. The first-order chi connectivity index (χ1) is 12.2. The summed E-state index contributed by atoms with van der Waals surface area (Å²) in [6.45, 7) is 3.04. The predicted octanol–water partition coefficient (Wildman–Crippen LogP) is 6.11. The Morgan fingerprint density at radius 2 is 1.44 bits per heavy atom. The molecule has 0 aromatic heterocycles. The molecule has 0 bridgehead atoms. The number of benzene rings is 3. The summed E-state index contributed by atoms with van der Waals surface area (Å²) in [7, 11) is 0. The van der Waals surface area contributed by atoms with Crippen LogP contribution < -0.4 is 0 Å². The first-order valence-corrected chi connectivity index (χ1v) is 8.63. The molecule has 0 spiro atoms. The van der Waals surface area contributed by atoms with Gasteiger partial charge in [-0.2, -0.15) is 0 Å². The second kappa shape index (κ2) is 8.39. The van der Waals surface area contributed by atoms with Crippen molar-refractivity contribution in [2.45, 2.75) is 19.3 Å². The van der Waals surface area contributed by atoms with Crippen molar-refractivity contribution in [2.75, 3.05) is 6.54 Å². The van der Waals surface area contributed by atoms with Crippen molar-refractivity contribution < 1.29 is 4.39 Å². The first kappa shape index (κ1) is 17.1. The summed E-state index contributed by atoms with van der Waals surface area (Å²) in [6.07, 6.45) is 2.95. The molecule has 3 rings (SSSR count). The smallest absolute Gasteiger partial charge is 0.123 e. The van der Waals surface area contributed by atoms with Crippen LogP contribution in [0, 0.1) is 5.82 Å². The van der Waals surface area contributed by atoms with Gasteiger partial charge in [-0.3, -0.25) is 4.99 Å². The van der Waals surface area contributed by atoms with E-state index in [1.165, 1.54) is 17.7 Å². The van der Waals surface area contributed by atoms with Gasteiger partial charge in [0.2, 0.25) is 0 Å². The number of nitrogens with zero attached hydrogens (tertiary/aromatic N) is 1. The van der Waals surface area contributed by atoms with Crippen molar-refractivity contribution in [2.24, 2.45) is 4.99 Å². The van der Waals surface area contributed by atoms with Crippen molar-refractivity contribution in [1.29, 1.82) is 0 Å². The molecule has 0 amide bonds. The van der Waals surface area contributed by atoms with Gasteiger partial charge in [-0.1, -0.05) is 73.7 Å². The minimum Gasteiger partial charge on any atom is -0.293 e. The van der Waals surface area contributed by atoms with E-state index in [-0.39, 0.29) is 5.82 Å². The van der Waals surface area contributed by atoms with Gasteiger partial charge in [0.1, 0.15) is 5.82 Å².